The van der Waals surface area contributed by atoms with Crippen molar-refractivity contribution < 1.29 is 14.3 Å². The number of anilines is 1. The Kier molecular flexibility index (Phi) is 8.70. The minimum absolute atomic E-state index is 0.129. The SMILES string of the molecule is COc1ccc(CCN(C)c2cc(C)nc(SCc3cccc(C(=O)N4CCCC4)c3)n2)cc1OC. The molecule has 0 aliphatic carbocycles. The van der Waals surface area contributed by atoms with Crippen molar-refractivity contribution in [1.82, 2.24) is 14.9 Å². The molecule has 1 aromatic heterocycles. The third-order valence-electron chi connectivity index (χ3n) is 6.33. The van der Waals surface area contributed by atoms with Crippen molar-refractivity contribution in [2.24, 2.45) is 0 Å². The van der Waals surface area contributed by atoms with Crippen LogP contribution in [0.5, 0.6) is 11.5 Å². The van der Waals surface area contributed by atoms with Gasteiger partial charge < -0.3 is 19.3 Å². The van der Waals surface area contributed by atoms with Crippen LogP contribution in [-0.4, -0.2) is 61.7 Å². The van der Waals surface area contributed by atoms with Crippen molar-refractivity contribution in [3.63, 3.8) is 0 Å². The lowest BCUT2D eigenvalue weighted by molar-refractivity contribution is 0.0792. The molecule has 1 saturated heterocycles. The van der Waals surface area contributed by atoms with E-state index in [0.717, 1.165) is 78.2 Å². The summed E-state index contributed by atoms with van der Waals surface area (Å²) in [7, 11) is 5.34. The molecule has 2 aromatic carbocycles. The molecular weight excluding hydrogens is 472 g/mol. The molecule has 0 bridgehead atoms. The van der Waals surface area contributed by atoms with Crippen LogP contribution in [-0.2, 0) is 12.2 Å². The third kappa shape index (κ3) is 6.49. The highest BCUT2D eigenvalue weighted by Crippen LogP contribution is 2.28. The van der Waals surface area contributed by atoms with Crippen LogP contribution in [0.4, 0.5) is 5.82 Å². The molecular formula is C28H34N4O3S. The molecule has 1 aliphatic heterocycles. The maximum absolute atomic E-state index is 12.7. The summed E-state index contributed by atoms with van der Waals surface area (Å²) >= 11 is 1.59. The Morgan fingerprint density at radius 3 is 2.53 bits per heavy atom. The number of hydrogen-bond donors (Lipinski definition) is 0. The van der Waals surface area contributed by atoms with Crippen LogP contribution in [0.25, 0.3) is 0 Å². The van der Waals surface area contributed by atoms with Crippen LogP contribution in [0.2, 0.25) is 0 Å². The van der Waals surface area contributed by atoms with Crippen LogP contribution in [0.3, 0.4) is 0 Å². The van der Waals surface area contributed by atoms with Gasteiger partial charge in [-0.2, -0.15) is 0 Å². The maximum Gasteiger partial charge on any atom is 0.253 e. The quantitative estimate of drug-likeness (QED) is 0.283. The molecule has 8 heteroatoms. The fourth-order valence-electron chi connectivity index (χ4n) is 4.28. The van der Waals surface area contributed by atoms with Crippen molar-refractivity contribution in [3.8, 4) is 11.5 Å². The van der Waals surface area contributed by atoms with Crippen molar-refractivity contribution in [1.29, 1.82) is 0 Å². The fraction of sp³-hybridized carbons (Fsp3) is 0.393. The third-order valence-corrected chi connectivity index (χ3v) is 7.25. The van der Waals surface area contributed by atoms with Gasteiger partial charge in [-0.1, -0.05) is 30.0 Å². The number of carbonyl (C=O) groups excluding carboxylic acids is 1. The maximum atomic E-state index is 12.7. The van der Waals surface area contributed by atoms with Crippen LogP contribution < -0.4 is 14.4 Å². The van der Waals surface area contributed by atoms with Gasteiger partial charge in [-0.25, -0.2) is 9.97 Å². The Hall–Kier alpha value is -3.26. The van der Waals surface area contributed by atoms with Crippen molar-refractivity contribution in [3.05, 3.63) is 70.9 Å². The summed E-state index contributed by atoms with van der Waals surface area (Å²) in [5, 5.41) is 0.735. The van der Waals surface area contributed by atoms with E-state index in [1.807, 2.05) is 55.3 Å². The van der Waals surface area contributed by atoms with Gasteiger partial charge in [0.05, 0.1) is 14.2 Å². The molecule has 1 aliphatic rings. The predicted molar refractivity (Wildman–Crippen MR) is 144 cm³/mol. The summed E-state index contributed by atoms with van der Waals surface area (Å²) < 4.78 is 10.8. The first-order chi connectivity index (χ1) is 17.5. The van der Waals surface area contributed by atoms with E-state index in [-0.39, 0.29) is 5.91 Å². The average Bonchev–Trinajstić information content (AvgIpc) is 3.45. The highest BCUT2D eigenvalue weighted by atomic mass is 32.2. The Morgan fingerprint density at radius 1 is 1.00 bits per heavy atom. The van der Waals surface area contributed by atoms with E-state index in [0.29, 0.717) is 5.75 Å². The number of rotatable bonds is 10. The molecule has 0 N–H and O–H groups in total. The second-order valence-electron chi connectivity index (χ2n) is 9.00. The topological polar surface area (TPSA) is 67.8 Å². The number of aromatic nitrogens is 2. The summed E-state index contributed by atoms with van der Waals surface area (Å²) in [6.07, 6.45) is 3.04. The number of amides is 1. The van der Waals surface area contributed by atoms with Crippen LogP contribution >= 0.6 is 11.8 Å². The summed E-state index contributed by atoms with van der Waals surface area (Å²) in [6, 6.07) is 15.9. The van der Waals surface area contributed by atoms with Gasteiger partial charge in [0, 0.05) is 49.8 Å². The monoisotopic (exact) mass is 506 g/mol. The second-order valence-corrected chi connectivity index (χ2v) is 9.94. The molecule has 0 saturated carbocycles. The number of benzene rings is 2. The number of methoxy groups -OCH3 is 2. The Labute approximate surface area is 217 Å². The molecule has 4 rings (SSSR count). The van der Waals surface area contributed by atoms with Crippen LogP contribution in [0.1, 0.15) is 40.0 Å². The van der Waals surface area contributed by atoms with Crippen LogP contribution in [0, 0.1) is 6.92 Å². The molecule has 3 aromatic rings. The average molecular weight is 507 g/mol. The van der Waals surface area contributed by atoms with Gasteiger partial charge in [0.2, 0.25) is 0 Å². The smallest absolute Gasteiger partial charge is 0.253 e. The minimum atomic E-state index is 0.129. The number of thioether (sulfide) groups is 1. The first-order valence-corrected chi connectivity index (χ1v) is 13.2. The summed E-state index contributed by atoms with van der Waals surface area (Å²) in [6.45, 7) is 4.51. The van der Waals surface area contributed by atoms with Crippen LogP contribution in [0.15, 0.2) is 53.7 Å². The molecule has 190 valence electrons. The van der Waals surface area contributed by atoms with E-state index in [9.17, 15) is 4.79 Å². The summed E-state index contributed by atoms with van der Waals surface area (Å²) in [4.78, 5) is 26.3. The lowest BCUT2D eigenvalue weighted by atomic mass is 10.1. The van der Waals surface area contributed by atoms with E-state index >= 15 is 0 Å². The minimum Gasteiger partial charge on any atom is -0.493 e. The molecule has 7 nitrogen and oxygen atoms in total. The van der Waals surface area contributed by atoms with E-state index in [2.05, 4.69) is 22.0 Å². The Balaban J connectivity index is 1.38. The van der Waals surface area contributed by atoms with Crippen molar-refractivity contribution >= 4 is 23.5 Å². The zero-order valence-electron chi connectivity index (χ0n) is 21.5. The number of nitrogens with zero attached hydrogens (tertiary/aromatic N) is 4. The molecule has 2 heterocycles. The molecule has 0 radical (unpaired) electrons. The number of ether oxygens (including phenoxy) is 2. The molecule has 0 atom stereocenters. The lowest BCUT2D eigenvalue weighted by Crippen LogP contribution is -2.27. The normalized spacial score (nSPS) is 13.1. The van der Waals surface area contributed by atoms with Crippen molar-refractivity contribution in [2.75, 3.05) is 45.8 Å². The van der Waals surface area contributed by atoms with Gasteiger partial charge in [-0.05, 0) is 61.6 Å². The molecule has 36 heavy (non-hydrogen) atoms. The van der Waals surface area contributed by atoms with Gasteiger partial charge >= 0.3 is 0 Å². The van der Waals surface area contributed by atoms with Crippen molar-refractivity contribution in [2.45, 2.75) is 37.1 Å². The van der Waals surface area contributed by atoms with Gasteiger partial charge in [0.25, 0.3) is 5.91 Å². The summed E-state index contributed by atoms with van der Waals surface area (Å²) in [5.41, 5.74) is 3.95. The zero-order valence-corrected chi connectivity index (χ0v) is 22.3. The van der Waals surface area contributed by atoms with Gasteiger partial charge in [0.15, 0.2) is 16.7 Å². The van der Waals surface area contributed by atoms with E-state index < -0.39 is 0 Å². The fourth-order valence-corrected chi connectivity index (χ4v) is 5.12. The second kappa shape index (κ2) is 12.1. The number of likely N-dealkylation sites (N-methyl/N-ethyl adjacent to an activating group) is 1. The van der Waals surface area contributed by atoms with E-state index in [4.69, 9.17) is 14.5 Å². The Bertz CT molecular complexity index is 1200. The molecule has 0 unspecified atom stereocenters. The number of hydrogen-bond acceptors (Lipinski definition) is 7. The Morgan fingerprint density at radius 2 is 1.78 bits per heavy atom. The number of carbonyl (C=O) groups is 1. The first kappa shape index (κ1) is 25.8. The first-order valence-electron chi connectivity index (χ1n) is 12.3. The molecule has 1 amide bonds. The zero-order chi connectivity index (χ0) is 25.5. The van der Waals surface area contributed by atoms with Gasteiger partial charge in [-0.15, -0.1) is 0 Å². The molecule has 0 spiro atoms. The lowest BCUT2D eigenvalue weighted by Gasteiger charge is -2.19. The van der Waals surface area contributed by atoms with Gasteiger partial charge in [-0.3, -0.25) is 4.79 Å². The van der Waals surface area contributed by atoms with E-state index in [1.165, 1.54) is 5.56 Å². The standard InChI is InChI=1S/C28H34N4O3S/c1-20-16-26(31(2)15-12-21-10-11-24(34-3)25(18-21)35-4)30-28(29-20)36-19-22-8-7-9-23(17-22)27(33)32-13-5-6-14-32/h7-11,16-18H,5-6,12-15,19H2,1-4H3. The highest BCUT2D eigenvalue weighted by Gasteiger charge is 2.19. The summed E-state index contributed by atoms with van der Waals surface area (Å²) in [5.74, 6) is 3.20. The number of likely N-dealkylation sites (tertiary alicyclic amines) is 1. The highest BCUT2D eigenvalue weighted by molar-refractivity contribution is 7.98. The molecule has 1 fully saturated rings. The van der Waals surface area contributed by atoms with E-state index in [1.54, 1.807) is 26.0 Å². The number of aryl methyl sites for hydroxylation is 1. The van der Waals surface area contributed by atoms with Gasteiger partial charge in [0.1, 0.15) is 5.82 Å². The predicted octanol–water partition coefficient (Wildman–Crippen LogP) is 5.01. The largest absolute Gasteiger partial charge is 0.493 e.